The number of fused-ring (bicyclic) bond motifs is 1. The van der Waals surface area contributed by atoms with Crippen LogP contribution < -0.4 is 26.0 Å². The number of thiazole rings is 1. The number of anilines is 1. The topological polar surface area (TPSA) is 241 Å². The Kier molecular flexibility index (Phi) is 12.5. The summed E-state index contributed by atoms with van der Waals surface area (Å²) >= 11 is 1.20. The number of ether oxygens (including phenoxy) is 2. The van der Waals surface area contributed by atoms with E-state index < -0.39 is 63.5 Å². The van der Waals surface area contributed by atoms with Gasteiger partial charge in [0.05, 0.1) is 48.4 Å². The van der Waals surface area contributed by atoms with Crippen LogP contribution in [0.15, 0.2) is 96.6 Å². The van der Waals surface area contributed by atoms with Crippen molar-refractivity contribution in [3.8, 4) is 17.0 Å². The fourth-order valence-corrected chi connectivity index (χ4v) is 7.74. The molecule has 2 atom stereocenters. The zero-order valence-electron chi connectivity index (χ0n) is 32.3. The third-order valence-corrected chi connectivity index (χ3v) is 11.3. The maximum absolute atomic E-state index is 13.5. The Balaban J connectivity index is 0.901. The van der Waals surface area contributed by atoms with Gasteiger partial charge in [0.1, 0.15) is 24.4 Å². The maximum atomic E-state index is 13.5. The molecular formula is C41H37N7O11S2. The highest BCUT2D eigenvalue weighted by Crippen LogP contribution is 2.30. The summed E-state index contributed by atoms with van der Waals surface area (Å²) in [6, 6.07) is 19.2. The summed E-state index contributed by atoms with van der Waals surface area (Å²) in [5, 5.41) is 12.3. The summed E-state index contributed by atoms with van der Waals surface area (Å²) < 4.78 is 36.3. The van der Waals surface area contributed by atoms with Crippen LogP contribution in [0.3, 0.4) is 0 Å². The average Bonchev–Trinajstić information content (AvgIpc) is 3.99. The van der Waals surface area contributed by atoms with Gasteiger partial charge in [-0.3, -0.25) is 47.8 Å². The summed E-state index contributed by atoms with van der Waals surface area (Å²) in [6.45, 7) is -0.133. The SMILES string of the molecule is CS(=O)(=O)n1ccc(C(=O)N[C@@H](COCc2ccc(C(=O)NCCOc3ccc4c(c3)C(=O)N(C3CCC(=O)NC3=O)C4=O)cc2)C(=O)Nc2nc(-c3ccccc3)cs2)c1. The largest absolute Gasteiger partial charge is 0.492 e. The molecule has 0 spiro atoms. The molecule has 4 heterocycles. The number of nitrogens with one attached hydrogen (secondary N) is 4. The van der Waals surface area contributed by atoms with Crippen molar-refractivity contribution in [1.82, 2.24) is 29.8 Å². The van der Waals surface area contributed by atoms with E-state index >= 15 is 0 Å². The number of imide groups is 2. The predicted octanol–water partition coefficient (Wildman–Crippen LogP) is 2.58. The number of benzene rings is 3. The number of carbonyl (C=O) groups is 7. The third kappa shape index (κ3) is 9.89. The molecule has 2 aliphatic heterocycles. The standard InChI is InChI=1S/C41H37N7O11S2/c1-61(56,57)47-17-15-27(20-47)36(51)43-31(37(52)46-41-44-32(23-60-41)25-5-3-2-4-6-25)22-58-21-24-7-9-26(10-8-24)35(50)42-16-18-59-28-11-12-29-30(19-28)40(55)48(39(29)54)33-13-14-34(49)45-38(33)53/h2-12,15,17,19-20,23,31,33H,13-14,16,18,21-22H2,1H3,(H,42,50)(H,43,51)(H,44,46,52)(H,45,49,53)/t31-,33?/m0/s1. The number of amides is 7. The molecule has 0 aliphatic carbocycles. The van der Waals surface area contributed by atoms with Crippen molar-refractivity contribution < 1.29 is 51.5 Å². The van der Waals surface area contributed by atoms with Crippen molar-refractivity contribution in [1.29, 1.82) is 0 Å². The van der Waals surface area contributed by atoms with Crippen molar-refractivity contribution in [2.24, 2.45) is 0 Å². The third-order valence-electron chi connectivity index (χ3n) is 9.58. The summed E-state index contributed by atoms with van der Waals surface area (Å²) in [5.41, 5.74) is 2.70. The second-order valence-electron chi connectivity index (χ2n) is 13.9. The van der Waals surface area contributed by atoms with Crippen molar-refractivity contribution in [2.75, 3.05) is 31.3 Å². The lowest BCUT2D eigenvalue weighted by molar-refractivity contribution is -0.136. The highest BCUT2D eigenvalue weighted by molar-refractivity contribution is 7.89. The van der Waals surface area contributed by atoms with E-state index in [1.165, 1.54) is 41.8 Å². The normalized spacial score (nSPS) is 15.5. The van der Waals surface area contributed by atoms with Crippen LogP contribution in [0, 0.1) is 0 Å². The molecular weight excluding hydrogens is 831 g/mol. The van der Waals surface area contributed by atoms with Gasteiger partial charge in [-0.05, 0) is 48.4 Å². The Morgan fingerprint density at radius 3 is 2.41 bits per heavy atom. The van der Waals surface area contributed by atoms with Crippen LogP contribution in [-0.2, 0) is 35.8 Å². The van der Waals surface area contributed by atoms with Gasteiger partial charge in [0.25, 0.3) is 29.5 Å². The van der Waals surface area contributed by atoms with Crippen LogP contribution in [0.2, 0.25) is 0 Å². The molecule has 7 amide bonds. The van der Waals surface area contributed by atoms with Gasteiger partial charge in [0.2, 0.25) is 21.8 Å². The van der Waals surface area contributed by atoms with Crippen LogP contribution in [0.1, 0.15) is 59.8 Å². The summed E-state index contributed by atoms with van der Waals surface area (Å²) in [6.07, 6.45) is 3.40. The van der Waals surface area contributed by atoms with Crippen molar-refractivity contribution in [3.63, 3.8) is 0 Å². The van der Waals surface area contributed by atoms with Crippen LogP contribution in [0.25, 0.3) is 11.3 Å². The summed E-state index contributed by atoms with van der Waals surface area (Å²) in [7, 11) is -3.64. The van der Waals surface area contributed by atoms with Gasteiger partial charge >= 0.3 is 0 Å². The van der Waals surface area contributed by atoms with Crippen molar-refractivity contribution in [3.05, 3.63) is 124 Å². The summed E-state index contributed by atoms with van der Waals surface area (Å²) in [5.74, 6) is -3.90. The van der Waals surface area contributed by atoms with Gasteiger partial charge in [-0.25, -0.2) is 13.4 Å². The van der Waals surface area contributed by atoms with E-state index in [1.54, 1.807) is 29.6 Å². The molecule has 7 rings (SSSR count). The average molecular weight is 868 g/mol. The number of nitrogens with zero attached hydrogens (tertiary/aromatic N) is 3. The van der Waals surface area contributed by atoms with E-state index in [2.05, 4.69) is 26.3 Å². The van der Waals surface area contributed by atoms with Crippen LogP contribution in [0.5, 0.6) is 5.75 Å². The Morgan fingerprint density at radius 2 is 1.69 bits per heavy atom. The molecule has 4 N–H and O–H groups in total. The molecule has 0 saturated carbocycles. The summed E-state index contributed by atoms with van der Waals surface area (Å²) in [4.78, 5) is 94.7. The molecule has 314 valence electrons. The molecule has 1 unspecified atom stereocenters. The molecule has 1 fully saturated rings. The first-order valence-corrected chi connectivity index (χ1v) is 21.4. The molecule has 20 heteroatoms. The molecule has 2 aliphatic rings. The van der Waals surface area contributed by atoms with Crippen molar-refractivity contribution >= 4 is 67.8 Å². The first-order chi connectivity index (χ1) is 29.2. The minimum absolute atomic E-state index is 0.00911. The molecule has 18 nitrogen and oxygen atoms in total. The van der Waals surface area contributed by atoms with E-state index in [4.69, 9.17) is 9.47 Å². The molecule has 2 aromatic heterocycles. The first kappa shape index (κ1) is 42.1. The Bertz CT molecular complexity index is 2640. The number of rotatable bonds is 16. The number of hydrogen-bond acceptors (Lipinski definition) is 13. The van der Waals surface area contributed by atoms with E-state index in [1.807, 2.05) is 30.3 Å². The fourth-order valence-electron chi connectivity index (χ4n) is 6.43. The lowest BCUT2D eigenvalue weighted by atomic mass is 10.0. The maximum Gasteiger partial charge on any atom is 0.262 e. The minimum Gasteiger partial charge on any atom is -0.492 e. The molecule has 0 radical (unpaired) electrons. The minimum atomic E-state index is -3.64. The Labute approximate surface area is 352 Å². The smallest absolute Gasteiger partial charge is 0.262 e. The Hall–Kier alpha value is -7.03. The van der Waals surface area contributed by atoms with Gasteiger partial charge < -0.3 is 25.4 Å². The Morgan fingerprint density at radius 1 is 0.934 bits per heavy atom. The molecule has 5 aromatic rings. The number of piperidine rings is 1. The van der Waals surface area contributed by atoms with Gasteiger partial charge in [0, 0.05) is 35.3 Å². The zero-order valence-corrected chi connectivity index (χ0v) is 33.9. The van der Waals surface area contributed by atoms with E-state index in [0.29, 0.717) is 22.0 Å². The lowest BCUT2D eigenvalue weighted by Crippen LogP contribution is -2.54. The number of hydrogen-bond donors (Lipinski definition) is 4. The molecule has 1 saturated heterocycles. The van der Waals surface area contributed by atoms with Gasteiger partial charge in [-0.15, -0.1) is 11.3 Å². The zero-order chi connectivity index (χ0) is 43.3. The van der Waals surface area contributed by atoms with Crippen LogP contribution in [0.4, 0.5) is 5.13 Å². The second-order valence-corrected chi connectivity index (χ2v) is 16.6. The molecule has 61 heavy (non-hydrogen) atoms. The van der Waals surface area contributed by atoms with Crippen LogP contribution in [-0.4, -0.2) is 102 Å². The van der Waals surface area contributed by atoms with Crippen molar-refractivity contribution in [2.45, 2.75) is 31.5 Å². The molecule has 0 bridgehead atoms. The monoisotopic (exact) mass is 867 g/mol. The highest BCUT2D eigenvalue weighted by atomic mass is 32.2. The second kappa shape index (κ2) is 18.1. The number of aromatic nitrogens is 2. The van der Waals surface area contributed by atoms with Gasteiger partial charge in [-0.1, -0.05) is 42.5 Å². The lowest BCUT2D eigenvalue weighted by Gasteiger charge is -2.27. The van der Waals surface area contributed by atoms with E-state index in [0.717, 1.165) is 26.9 Å². The fraction of sp³-hybridized carbons (Fsp3) is 0.220. The predicted molar refractivity (Wildman–Crippen MR) is 219 cm³/mol. The quantitative estimate of drug-likeness (QED) is 0.0827. The van der Waals surface area contributed by atoms with E-state index in [-0.39, 0.29) is 61.6 Å². The van der Waals surface area contributed by atoms with Gasteiger partial charge in [0.15, 0.2) is 5.13 Å². The van der Waals surface area contributed by atoms with Gasteiger partial charge in [-0.2, -0.15) is 0 Å². The first-order valence-electron chi connectivity index (χ1n) is 18.7. The highest BCUT2D eigenvalue weighted by Gasteiger charge is 2.44. The van der Waals surface area contributed by atoms with E-state index in [9.17, 15) is 42.0 Å². The van der Waals surface area contributed by atoms with Crippen LogP contribution >= 0.6 is 11.3 Å². The number of carbonyl (C=O) groups excluding carboxylic acids is 7. The molecule has 3 aromatic carbocycles.